The fraction of sp³-hybridized carbons (Fsp3) is 0.722. The van der Waals surface area contributed by atoms with Crippen LogP contribution in [-0.4, -0.2) is 34.7 Å². The van der Waals surface area contributed by atoms with Gasteiger partial charge in [0.2, 0.25) is 0 Å². The molecule has 2 saturated heterocycles. The zero-order valence-electron chi connectivity index (χ0n) is 14.6. The summed E-state index contributed by atoms with van der Waals surface area (Å²) in [7, 11) is 0. The highest BCUT2D eigenvalue weighted by molar-refractivity contribution is 7.11. The van der Waals surface area contributed by atoms with E-state index in [0.717, 1.165) is 32.2 Å². The van der Waals surface area contributed by atoms with Crippen molar-refractivity contribution in [2.24, 2.45) is 0 Å². The number of amides is 1. The molecule has 128 valence electrons. The number of piperidine rings is 1. The van der Waals surface area contributed by atoms with Crippen molar-refractivity contribution in [1.29, 1.82) is 0 Å². The number of carbonyl (C=O) groups excluding carboxylic acids is 1. The first-order chi connectivity index (χ1) is 10.8. The topological polar surface area (TPSA) is 41.6 Å². The molecular formula is C18H28N2O2S. The quantitative estimate of drug-likeness (QED) is 0.904. The first kappa shape index (κ1) is 16.8. The smallest absolute Gasteiger partial charge is 0.410 e. The average molecular weight is 337 g/mol. The van der Waals surface area contributed by atoms with Crippen LogP contribution < -0.4 is 5.32 Å². The maximum atomic E-state index is 12.4. The molecule has 3 heterocycles. The van der Waals surface area contributed by atoms with E-state index in [0.29, 0.717) is 18.1 Å². The van der Waals surface area contributed by atoms with Crippen LogP contribution in [0.2, 0.25) is 0 Å². The third-order valence-corrected chi connectivity index (χ3v) is 5.70. The Labute approximate surface area is 143 Å². The van der Waals surface area contributed by atoms with E-state index >= 15 is 0 Å². The molecule has 0 aliphatic carbocycles. The second-order valence-corrected chi connectivity index (χ2v) is 9.21. The van der Waals surface area contributed by atoms with Crippen molar-refractivity contribution >= 4 is 17.4 Å². The molecule has 2 aliphatic heterocycles. The summed E-state index contributed by atoms with van der Waals surface area (Å²) in [6, 6.07) is 5.57. The molecule has 1 amide bonds. The summed E-state index contributed by atoms with van der Waals surface area (Å²) in [5, 5.41) is 3.69. The lowest BCUT2D eigenvalue weighted by Crippen LogP contribution is -2.52. The van der Waals surface area contributed by atoms with E-state index in [-0.39, 0.29) is 6.09 Å². The predicted molar refractivity (Wildman–Crippen MR) is 93.8 cm³/mol. The highest BCUT2D eigenvalue weighted by Crippen LogP contribution is 2.37. The molecule has 1 aromatic rings. The van der Waals surface area contributed by atoms with E-state index < -0.39 is 5.60 Å². The molecule has 0 saturated carbocycles. The van der Waals surface area contributed by atoms with Crippen molar-refractivity contribution in [3.05, 3.63) is 21.9 Å². The summed E-state index contributed by atoms with van der Waals surface area (Å²) in [6.07, 6.45) is 4.18. The average Bonchev–Trinajstić information content (AvgIpc) is 2.96. The number of hydrogen-bond donors (Lipinski definition) is 1. The molecule has 0 spiro atoms. The van der Waals surface area contributed by atoms with Gasteiger partial charge in [-0.15, -0.1) is 11.3 Å². The van der Waals surface area contributed by atoms with E-state index in [1.165, 1.54) is 9.75 Å². The second-order valence-electron chi connectivity index (χ2n) is 7.83. The van der Waals surface area contributed by atoms with Crippen molar-refractivity contribution < 1.29 is 9.53 Å². The third-order valence-electron chi connectivity index (χ3n) is 4.70. The number of nitrogens with zero attached hydrogens (tertiary/aromatic N) is 1. The van der Waals surface area contributed by atoms with Gasteiger partial charge in [-0.2, -0.15) is 0 Å². The van der Waals surface area contributed by atoms with Crippen molar-refractivity contribution in [3.63, 3.8) is 0 Å². The summed E-state index contributed by atoms with van der Waals surface area (Å²) in [4.78, 5) is 17.2. The second kappa shape index (κ2) is 6.44. The van der Waals surface area contributed by atoms with Gasteiger partial charge in [-0.1, -0.05) is 0 Å². The van der Waals surface area contributed by atoms with E-state index in [1.807, 2.05) is 37.0 Å². The van der Waals surface area contributed by atoms with Gasteiger partial charge in [0.25, 0.3) is 0 Å². The third kappa shape index (κ3) is 4.07. The number of thiophene rings is 1. The van der Waals surface area contributed by atoms with Crippen LogP contribution in [0.15, 0.2) is 12.1 Å². The van der Waals surface area contributed by atoms with Crippen LogP contribution in [0.4, 0.5) is 4.79 Å². The van der Waals surface area contributed by atoms with Crippen molar-refractivity contribution in [2.45, 2.75) is 83.6 Å². The lowest BCUT2D eigenvalue weighted by Gasteiger charge is -2.39. The van der Waals surface area contributed by atoms with Gasteiger partial charge in [-0.3, -0.25) is 0 Å². The van der Waals surface area contributed by atoms with E-state index in [1.54, 1.807) is 0 Å². The maximum Gasteiger partial charge on any atom is 0.410 e. The SMILES string of the molecule is Cc1ccc(CNC2CC3CCC(C2)N3C(=O)OC(C)(C)C)s1. The number of aryl methyl sites for hydroxylation is 1. The Kier molecular flexibility index (Phi) is 4.70. The minimum atomic E-state index is -0.414. The first-order valence-corrected chi connectivity index (χ1v) is 9.43. The Balaban J connectivity index is 1.55. The van der Waals surface area contributed by atoms with Gasteiger partial charge in [0.1, 0.15) is 5.60 Å². The van der Waals surface area contributed by atoms with Crippen LogP contribution in [0.25, 0.3) is 0 Å². The van der Waals surface area contributed by atoms with Crippen LogP contribution in [-0.2, 0) is 11.3 Å². The molecule has 23 heavy (non-hydrogen) atoms. The fourth-order valence-corrected chi connectivity index (χ4v) is 4.62. The molecule has 0 radical (unpaired) electrons. The van der Waals surface area contributed by atoms with E-state index in [2.05, 4.69) is 24.4 Å². The van der Waals surface area contributed by atoms with Gasteiger partial charge >= 0.3 is 6.09 Å². The molecule has 1 aromatic heterocycles. The van der Waals surface area contributed by atoms with Crippen LogP contribution in [0.5, 0.6) is 0 Å². The lowest BCUT2D eigenvalue weighted by atomic mass is 9.97. The fourth-order valence-electron chi connectivity index (χ4n) is 3.78. The van der Waals surface area contributed by atoms with Gasteiger partial charge in [-0.05, 0) is 65.5 Å². The van der Waals surface area contributed by atoms with Crippen LogP contribution in [0.1, 0.15) is 56.2 Å². The summed E-state index contributed by atoms with van der Waals surface area (Å²) in [6.45, 7) is 8.89. The van der Waals surface area contributed by atoms with Crippen LogP contribution in [0.3, 0.4) is 0 Å². The number of carbonyl (C=O) groups is 1. The van der Waals surface area contributed by atoms with Gasteiger partial charge < -0.3 is 15.0 Å². The number of hydrogen-bond acceptors (Lipinski definition) is 4. The molecule has 4 nitrogen and oxygen atoms in total. The largest absolute Gasteiger partial charge is 0.444 e. The molecule has 2 aliphatic rings. The number of ether oxygens (including phenoxy) is 1. The number of rotatable bonds is 3. The van der Waals surface area contributed by atoms with Crippen molar-refractivity contribution in [2.75, 3.05) is 0 Å². The molecule has 3 rings (SSSR count). The number of nitrogens with one attached hydrogen (secondary N) is 1. The summed E-state index contributed by atoms with van der Waals surface area (Å²) >= 11 is 1.86. The van der Waals surface area contributed by atoms with Gasteiger partial charge in [0.15, 0.2) is 0 Å². The summed E-state index contributed by atoms with van der Waals surface area (Å²) in [5.41, 5.74) is -0.414. The Morgan fingerprint density at radius 1 is 1.30 bits per heavy atom. The Morgan fingerprint density at radius 3 is 2.48 bits per heavy atom. The van der Waals surface area contributed by atoms with E-state index in [4.69, 9.17) is 4.74 Å². The van der Waals surface area contributed by atoms with Gasteiger partial charge in [0.05, 0.1) is 0 Å². The zero-order chi connectivity index (χ0) is 16.6. The van der Waals surface area contributed by atoms with Gasteiger partial charge in [0, 0.05) is 34.4 Å². The molecule has 0 aromatic carbocycles. The number of fused-ring (bicyclic) bond motifs is 2. The van der Waals surface area contributed by atoms with Crippen molar-refractivity contribution in [1.82, 2.24) is 10.2 Å². The minimum Gasteiger partial charge on any atom is -0.444 e. The summed E-state index contributed by atoms with van der Waals surface area (Å²) in [5.74, 6) is 0. The van der Waals surface area contributed by atoms with Crippen LogP contribution >= 0.6 is 11.3 Å². The molecule has 1 N–H and O–H groups in total. The molecule has 2 bridgehead atoms. The first-order valence-electron chi connectivity index (χ1n) is 8.62. The Bertz CT molecular complexity index is 550. The molecule has 2 unspecified atom stereocenters. The predicted octanol–water partition coefficient (Wildman–Crippen LogP) is 4.08. The maximum absolute atomic E-state index is 12.4. The molecule has 2 atom stereocenters. The standard InChI is InChI=1S/C18H28N2O2S/c1-12-5-8-16(23-12)11-19-13-9-14-6-7-15(10-13)20(14)17(21)22-18(2,3)4/h5,8,13-15,19H,6-7,9-11H2,1-4H3. The molecular weight excluding hydrogens is 308 g/mol. The lowest BCUT2D eigenvalue weighted by molar-refractivity contribution is 0.00467. The highest BCUT2D eigenvalue weighted by Gasteiger charge is 2.44. The Morgan fingerprint density at radius 2 is 1.96 bits per heavy atom. The monoisotopic (exact) mass is 336 g/mol. The van der Waals surface area contributed by atoms with Gasteiger partial charge in [-0.25, -0.2) is 4.79 Å². The Hall–Kier alpha value is -1.07. The minimum absolute atomic E-state index is 0.127. The normalized spacial score (nSPS) is 27.3. The zero-order valence-corrected chi connectivity index (χ0v) is 15.4. The molecule has 5 heteroatoms. The van der Waals surface area contributed by atoms with Crippen LogP contribution in [0, 0.1) is 6.92 Å². The highest BCUT2D eigenvalue weighted by atomic mass is 32.1. The van der Waals surface area contributed by atoms with E-state index in [9.17, 15) is 4.79 Å². The summed E-state index contributed by atoms with van der Waals surface area (Å²) < 4.78 is 5.59. The van der Waals surface area contributed by atoms with Crippen molar-refractivity contribution in [3.8, 4) is 0 Å². The molecule has 2 fully saturated rings.